The van der Waals surface area contributed by atoms with Crippen molar-refractivity contribution in [3.8, 4) is 5.75 Å². The Hall–Kier alpha value is -2.55. The van der Waals surface area contributed by atoms with Gasteiger partial charge in [0.2, 0.25) is 5.91 Å². The van der Waals surface area contributed by atoms with Gasteiger partial charge >= 0.3 is 12.6 Å². The summed E-state index contributed by atoms with van der Waals surface area (Å²) in [5.41, 5.74) is -2.92. The molecule has 16 heteroatoms. The van der Waals surface area contributed by atoms with E-state index in [1.165, 1.54) is 6.92 Å². The van der Waals surface area contributed by atoms with E-state index in [1.807, 2.05) is 12.1 Å². The first-order valence-corrected chi connectivity index (χ1v) is 16.1. The lowest BCUT2D eigenvalue weighted by molar-refractivity contribution is -0.199. The maximum Gasteiger partial charge on any atom is 0.323 e. The third kappa shape index (κ3) is 7.07. The first kappa shape index (κ1) is 33.3. The molecule has 0 radical (unpaired) electrons. The zero-order valence-electron chi connectivity index (χ0n) is 23.2. The Morgan fingerprint density at radius 3 is 2.56 bits per heavy atom. The number of rotatable bonds is 11. The Morgan fingerprint density at radius 2 is 1.88 bits per heavy atom. The van der Waals surface area contributed by atoms with E-state index in [0.29, 0.717) is 10.3 Å². The number of Topliss-reactive ketones (excluding diaryl/α,β-unsaturated/α-hetero) is 1. The summed E-state index contributed by atoms with van der Waals surface area (Å²) >= 11 is 11.5. The number of carbonyl (C=O) groups is 3. The van der Waals surface area contributed by atoms with Gasteiger partial charge in [-0.3, -0.25) is 19.3 Å². The summed E-state index contributed by atoms with van der Waals surface area (Å²) in [5.74, 6) is -2.09. The second-order valence-corrected chi connectivity index (χ2v) is 13.8. The zero-order chi connectivity index (χ0) is 31.7. The van der Waals surface area contributed by atoms with E-state index in [9.17, 15) is 33.4 Å². The number of hydrogen-bond acceptors (Lipinski definition) is 10. The van der Waals surface area contributed by atoms with Crippen LogP contribution in [0, 0.1) is 0 Å². The largest absolute Gasteiger partial charge is 0.462 e. The smallest absolute Gasteiger partial charge is 0.323 e. The molecular formula is C27H30ClF2N2O9PS. The van der Waals surface area contributed by atoms with Gasteiger partial charge in [-0.2, -0.15) is 0 Å². The van der Waals surface area contributed by atoms with Gasteiger partial charge in [0.15, 0.2) is 17.6 Å². The van der Waals surface area contributed by atoms with Crippen molar-refractivity contribution >= 4 is 58.5 Å². The zero-order valence-corrected chi connectivity index (χ0v) is 25.7. The minimum Gasteiger partial charge on any atom is -0.462 e. The molecule has 0 saturated carbocycles. The molecule has 0 aliphatic carbocycles. The highest BCUT2D eigenvalue weighted by molar-refractivity contribution is 8.09. The molecule has 1 unspecified atom stereocenters. The molecule has 1 fully saturated rings. The molecule has 234 valence electrons. The summed E-state index contributed by atoms with van der Waals surface area (Å²) in [6.45, 7) is -0.381. The van der Waals surface area contributed by atoms with Crippen LogP contribution >= 0.6 is 18.2 Å². The highest BCUT2D eigenvalue weighted by atomic mass is 35.5. The number of nitrogens with zero attached hydrogens (tertiary/aromatic N) is 1. The molecule has 1 amide bonds. The maximum atomic E-state index is 14.7. The normalized spacial score (nSPS) is 26.5. The summed E-state index contributed by atoms with van der Waals surface area (Å²) in [6, 6.07) is 11.1. The third-order valence-corrected chi connectivity index (χ3v) is 9.48. The highest BCUT2D eigenvalue weighted by Crippen LogP contribution is 2.50. The molecule has 2 aromatic rings. The average molecular weight is 663 g/mol. The topological polar surface area (TPSA) is 144 Å². The van der Waals surface area contributed by atoms with Gasteiger partial charge in [-0.1, -0.05) is 48.0 Å². The monoisotopic (exact) mass is 662 g/mol. The number of halogens is 3. The van der Waals surface area contributed by atoms with Gasteiger partial charge < -0.3 is 28.7 Å². The predicted octanol–water partition coefficient (Wildman–Crippen LogP) is 3.35. The van der Waals surface area contributed by atoms with E-state index < -0.39 is 79.9 Å². The molecule has 3 N–H and O–H groups in total. The van der Waals surface area contributed by atoms with Crippen molar-refractivity contribution in [3.63, 3.8) is 0 Å². The van der Waals surface area contributed by atoms with Crippen LogP contribution in [0.5, 0.6) is 5.75 Å². The SMILES string of the molecule is CC(C)OC(=O)[C@H](C)NP(=S)(OC[C@@]1(C(F)F)O[C@@H](N2C=C(Cl)C(=O)CC2=O)[C@@H](O)[C@@H]1O)Oc1cccc2ccccc12. The average Bonchev–Trinajstić information content (AvgIpc) is 3.20. The van der Waals surface area contributed by atoms with Gasteiger partial charge in [0, 0.05) is 11.6 Å². The van der Waals surface area contributed by atoms with Crippen molar-refractivity contribution in [2.45, 2.75) is 69.8 Å². The Morgan fingerprint density at radius 1 is 1.21 bits per heavy atom. The lowest BCUT2D eigenvalue weighted by Crippen LogP contribution is -2.53. The molecule has 0 bridgehead atoms. The minimum atomic E-state index is -3.94. The molecule has 43 heavy (non-hydrogen) atoms. The fourth-order valence-electron chi connectivity index (χ4n) is 4.49. The number of amides is 1. The molecule has 2 aliphatic heterocycles. The molecule has 0 aromatic heterocycles. The van der Waals surface area contributed by atoms with E-state index in [-0.39, 0.29) is 10.8 Å². The van der Waals surface area contributed by atoms with Crippen LogP contribution in [0.25, 0.3) is 10.8 Å². The molecule has 1 saturated heterocycles. The molecule has 2 aromatic carbocycles. The van der Waals surface area contributed by atoms with Crippen LogP contribution in [0.15, 0.2) is 53.7 Å². The van der Waals surface area contributed by atoms with Crippen molar-refractivity contribution < 1.29 is 51.9 Å². The number of nitrogens with one attached hydrogen (secondary N) is 1. The highest BCUT2D eigenvalue weighted by Gasteiger charge is 2.62. The maximum absolute atomic E-state index is 14.7. The van der Waals surface area contributed by atoms with Crippen molar-refractivity contribution in [3.05, 3.63) is 53.7 Å². The first-order chi connectivity index (χ1) is 20.2. The van der Waals surface area contributed by atoms with Crippen molar-refractivity contribution in [2.24, 2.45) is 0 Å². The Bertz CT molecular complexity index is 1480. The van der Waals surface area contributed by atoms with E-state index in [2.05, 4.69) is 5.09 Å². The van der Waals surface area contributed by atoms with Gasteiger partial charge in [-0.05, 0) is 44.0 Å². The summed E-state index contributed by atoms with van der Waals surface area (Å²) in [6.07, 6.45) is -9.98. The molecule has 2 aliphatic rings. The van der Waals surface area contributed by atoms with Crippen molar-refractivity contribution in [1.29, 1.82) is 0 Å². The van der Waals surface area contributed by atoms with Crippen molar-refractivity contribution in [2.75, 3.05) is 6.61 Å². The number of ketones is 1. The lowest BCUT2D eigenvalue weighted by atomic mass is 9.96. The Kier molecular flexibility index (Phi) is 10.2. The van der Waals surface area contributed by atoms with Crippen LogP contribution < -0.4 is 9.61 Å². The number of ether oxygens (including phenoxy) is 2. The molecular weight excluding hydrogens is 633 g/mol. The van der Waals surface area contributed by atoms with Crippen LogP contribution in [0.4, 0.5) is 8.78 Å². The number of hydrogen-bond donors (Lipinski definition) is 3. The van der Waals surface area contributed by atoms with Crippen LogP contribution in [-0.4, -0.2) is 82.0 Å². The fourth-order valence-corrected chi connectivity index (χ4v) is 7.09. The van der Waals surface area contributed by atoms with Gasteiger partial charge in [-0.25, -0.2) is 13.9 Å². The van der Waals surface area contributed by atoms with Crippen LogP contribution in [0.3, 0.4) is 0 Å². The number of carbonyl (C=O) groups excluding carboxylic acids is 3. The second kappa shape index (κ2) is 13.2. The summed E-state index contributed by atoms with van der Waals surface area (Å²) in [5, 5.41) is 25.3. The lowest BCUT2D eigenvalue weighted by Gasteiger charge is -2.35. The number of benzene rings is 2. The van der Waals surface area contributed by atoms with E-state index in [0.717, 1.165) is 11.6 Å². The number of aliphatic hydroxyl groups is 2. The standard InChI is InChI=1S/C27H30ClF2N2O9PS/c1-14(2)39-25(37)15(3)31-42(43,41-20-10-6-8-16-7-4-5-9-17(16)20)38-13-27(26(29)30)23(36)22(35)24(40-27)32-12-18(28)19(33)11-21(32)34/h4-10,12,14-15,22-24,26,35-36H,11,13H2,1-3H3,(H,31,43)/t15-,22-,23-,24+,27+,42?/m0/s1. The fraction of sp³-hybridized carbons (Fsp3) is 0.444. The third-order valence-electron chi connectivity index (χ3n) is 6.70. The molecule has 2 heterocycles. The van der Waals surface area contributed by atoms with E-state index >= 15 is 0 Å². The molecule has 6 atom stereocenters. The van der Waals surface area contributed by atoms with E-state index in [1.54, 1.807) is 44.2 Å². The number of fused-ring (bicyclic) bond motifs is 1. The van der Waals surface area contributed by atoms with Crippen LogP contribution in [0.1, 0.15) is 27.2 Å². The van der Waals surface area contributed by atoms with Crippen LogP contribution in [0.2, 0.25) is 0 Å². The Balaban J connectivity index is 1.66. The number of esters is 1. The van der Waals surface area contributed by atoms with Gasteiger partial charge in [-0.15, -0.1) is 0 Å². The number of allylic oxidation sites excluding steroid dienone is 1. The van der Waals surface area contributed by atoms with Gasteiger partial charge in [0.1, 0.15) is 29.0 Å². The second-order valence-electron chi connectivity index (χ2n) is 10.3. The molecule has 11 nitrogen and oxygen atoms in total. The molecule has 4 rings (SSSR count). The van der Waals surface area contributed by atoms with Gasteiger partial charge in [0.25, 0.3) is 6.43 Å². The molecule has 0 spiro atoms. The van der Waals surface area contributed by atoms with Crippen molar-refractivity contribution in [1.82, 2.24) is 9.99 Å². The quantitative estimate of drug-likeness (QED) is 0.185. The van der Waals surface area contributed by atoms with Crippen LogP contribution in [-0.2, 0) is 40.2 Å². The summed E-state index contributed by atoms with van der Waals surface area (Å²) < 4.78 is 52.0. The number of aliphatic hydroxyl groups excluding tert-OH is 2. The minimum absolute atomic E-state index is 0.221. The number of alkyl halides is 2. The van der Waals surface area contributed by atoms with E-state index in [4.69, 9.17) is 41.9 Å². The van der Waals surface area contributed by atoms with Gasteiger partial charge in [0.05, 0.1) is 19.1 Å². The predicted molar refractivity (Wildman–Crippen MR) is 155 cm³/mol. The Labute approximate surface area is 255 Å². The summed E-state index contributed by atoms with van der Waals surface area (Å²) in [7, 11) is 0. The summed E-state index contributed by atoms with van der Waals surface area (Å²) in [4.78, 5) is 37.5. The first-order valence-electron chi connectivity index (χ1n) is 13.1.